The highest BCUT2D eigenvalue weighted by Crippen LogP contribution is 2.21. The molecule has 1 aromatic heterocycles. The van der Waals surface area contributed by atoms with E-state index in [0.717, 1.165) is 17.0 Å². The van der Waals surface area contributed by atoms with Gasteiger partial charge in [-0.1, -0.05) is 24.3 Å². The molecule has 0 spiro atoms. The number of benzene rings is 1. The molecule has 0 radical (unpaired) electrons. The molecule has 0 aliphatic heterocycles. The monoisotopic (exact) mass is 241 g/mol. The second-order valence-corrected chi connectivity index (χ2v) is 4.83. The van der Waals surface area contributed by atoms with Gasteiger partial charge in [-0.2, -0.15) is 0 Å². The van der Waals surface area contributed by atoms with Gasteiger partial charge in [-0.05, 0) is 49.6 Å². The lowest BCUT2D eigenvalue weighted by Gasteiger charge is -2.14. The van der Waals surface area contributed by atoms with Gasteiger partial charge < -0.3 is 5.11 Å². The Bertz CT molecular complexity index is 528. The molecule has 0 saturated carbocycles. The summed E-state index contributed by atoms with van der Waals surface area (Å²) in [6.45, 7) is 5.99. The molecule has 0 bridgehead atoms. The zero-order valence-corrected chi connectivity index (χ0v) is 11.1. The summed E-state index contributed by atoms with van der Waals surface area (Å²) in [5, 5.41) is 10.3. The molecule has 1 atom stereocenters. The van der Waals surface area contributed by atoms with Gasteiger partial charge in [0.05, 0.1) is 6.10 Å². The molecule has 2 aromatic rings. The molecule has 1 aromatic carbocycles. The van der Waals surface area contributed by atoms with Crippen molar-refractivity contribution in [2.45, 2.75) is 33.3 Å². The summed E-state index contributed by atoms with van der Waals surface area (Å²) >= 11 is 0. The molecule has 0 saturated heterocycles. The van der Waals surface area contributed by atoms with Crippen LogP contribution >= 0.6 is 0 Å². The van der Waals surface area contributed by atoms with E-state index in [1.54, 1.807) is 0 Å². The van der Waals surface area contributed by atoms with Crippen molar-refractivity contribution < 1.29 is 5.11 Å². The SMILES string of the molecule is Cc1cc(C(O)Cc2ccccc2C)cc(C)n1. The lowest BCUT2D eigenvalue weighted by molar-refractivity contribution is 0.178. The second kappa shape index (κ2) is 5.32. The first kappa shape index (κ1) is 12.8. The minimum atomic E-state index is -0.466. The fourth-order valence-electron chi connectivity index (χ4n) is 2.22. The van der Waals surface area contributed by atoms with Crippen molar-refractivity contribution in [1.82, 2.24) is 4.98 Å². The molecule has 94 valence electrons. The molecule has 2 rings (SSSR count). The number of aliphatic hydroxyl groups is 1. The third kappa shape index (κ3) is 2.96. The fourth-order valence-corrected chi connectivity index (χ4v) is 2.22. The van der Waals surface area contributed by atoms with Crippen molar-refractivity contribution >= 4 is 0 Å². The smallest absolute Gasteiger partial charge is 0.0831 e. The summed E-state index contributed by atoms with van der Waals surface area (Å²) in [5.74, 6) is 0. The maximum atomic E-state index is 10.3. The summed E-state index contributed by atoms with van der Waals surface area (Å²) in [4.78, 5) is 4.33. The van der Waals surface area contributed by atoms with E-state index in [9.17, 15) is 5.11 Å². The molecule has 0 aliphatic rings. The number of rotatable bonds is 3. The van der Waals surface area contributed by atoms with Gasteiger partial charge in [0.2, 0.25) is 0 Å². The minimum Gasteiger partial charge on any atom is -0.388 e. The van der Waals surface area contributed by atoms with Crippen LogP contribution in [-0.4, -0.2) is 10.1 Å². The number of nitrogens with zero attached hydrogens (tertiary/aromatic N) is 1. The molecule has 0 fully saturated rings. The maximum absolute atomic E-state index is 10.3. The zero-order chi connectivity index (χ0) is 13.1. The average Bonchev–Trinajstić information content (AvgIpc) is 2.31. The van der Waals surface area contributed by atoms with Gasteiger partial charge >= 0.3 is 0 Å². The molecule has 2 heteroatoms. The molecule has 1 heterocycles. The van der Waals surface area contributed by atoms with E-state index in [0.29, 0.717) is 6.42 Å². The largest absolute Gasteiger partial charge is 0.388 e. The topological polar surface area (TPSA) is 33.1 Å². The Morgan fingerprint density at radius 3 is 2.28 bits per heavy atom. The summed E-state index contributed by atoms with van der Waals surface area (Å²) in [6, 6.07) is 12.1. The first-order chi connectivity index (χ1) is 8.56. The summed E-state index contributed by atoms with van der Waals surface area (Å²) in [6.07, 6.45) is 0.182. The minimum absolute atomic E-state index is 0.466. The van der Waals surface area contributed by atoms with Crippen LogP contribution < -0.4 is 0 Å². The lowest BCUT2D eigenvalue weighted by atomic mass is 9.98. The van der Waals surface area contributed by atoms with E-state index in [4.69, 9.17) is 0 Å². The van der Waals surface area contributed by atoms with Gasteiger partial charge in [-0.15, -0.1) is 0 Å². The van der Waals surface area contributed by atoms with Crippen LogP contribution in [0.25, 0.3) is 0 Å². The Morgan fingerprint density at radius 2 is 1.67 bits per heavy atom. The van der Waals surface area contributed by atoms with E-state index in [2.05, 4.69) is 24.0 Å². The van der Waals surface area contributed by atoms with Crippen LogP contribution in [0.3, 0.4) is 0 Å². The van der Waals surface area contributed by atoms with Crippen molar-refractivity contribution in [1.29, 1.82) is 0 Å². The number of pyridine rings is 1. The Kier molecular flexibility index (Phi) is 3.78. The quantitative estimate of drug-likeness (QED) is 0.894. The Hall–Kier alpha value is -1.67. The van der Waals surface area contributed by atoms with Gasteiger partial charge in [0, 0.05) is 17.8 Å². The molecule has 0 amide bonds. The first-order valence-corrected chi connectivity index (χ1v) is 6.24. The molecule has 1 N–H and O–H groups in total. The van der Waals surface area contributed by atoms with Crippen LogP contribution in [0, 0.1) is 20.8 Å². The van der Waals surface area contributed by atoms with E-state index in [-0.39, 0.29) is 0 Å². The maximum Gasteiger partial charge on any atom is 0.0831 e. The van der Waals surface area contributed by atoms with Crippen molar-refractivity contribution in [3.8, 4) is 0 Å². The molecule has 1 unspecified atom stereocenters. The van der Waals surface area contributed by atoms with Crippen LogP contribution in [-0.2, 0) is 6.42 Å². The first-order valence-electron chi connectivity index (χ1n) is 6.24. The zero-order valence-electron chi connectivity index (χ0n) is 11.1. The Morgan fingerprint density at radius 1 is 1.06 bits per heavy atom. The second-order valence-electron chi connectivity index (χ2n) is 4.83. The van der Waals surface area contributed by atoms with Gasteiger partial charge in [0.1, 0.15) is 0 Å². The molecule has 18 heavy (non-hydrogen) atoms. The Balaban J connectivity index is 2.22. The third-order valence-electron chi connectivity index (χ3n) is 3.16. The van der Waals surface area contributed by atoms with E-state index in [1.807, 2.05) is 38.1 Å². The van der Waals surface area contributed by atoms with E-state index < -0.39 is 6.10 Å². The van der Waals surface area contributed by atoms with Crippen LogP contribution in [0.15, 0.2) is 36.4 Å². The van der Waals surface area contributed by atoms with Gasteiger partial charge in [-0.3, -0.25) is 4.98 Å². The summed E-state index contributed by atoms with van der Waals surface area (Å²) in [5.41, 5.74) is 5.27. The predicted molar refractivity (Wildman–Crippen MR) is 73.6 cm³/mol. The third-order valence-corrected chi connectivity index (χ3v) is 3.16. The normalized spacial score (nSPS) is 12.4. The van der Waals surface area contributed by atoms with Crippen molar-refractivity contribution in [2.24, 2.45) is 0 Å². The molecule has 0 aliphatic carbocycles. The van der Waals surface area contributed by atoms with Crippen molar-refractivity contribution in [3.05, 3.63) is 64.5 Å². The summed E-state index contributed by atoms with van der Waals surface area (Å²) in [7, 11) is 0. The summed E-state index contributed by atoms with van der Waals surface area (Å²) < 4.78 is 0. The van der Waals surface area contributed by atoms with Gasteiger partial charge in [0.25, 0.3) is 0 Å². The highest BCUT2D eigenvalue weighted by Gasteiger charge is 2.11. The lowest BCUT2D eigenvalue weighted by Crippen LogP contribution is -2.04. The van der Waals surface area contributed by atoms with Crippen LogP contribution in [0.4, 0.5) is 0 Å². The number of hydrogen-bond donors (Lipinski definition) is 1. The van der Waals surface area contributed by atoms with Crippen LogP contribution in [0.2, 0.25) is 0 Å². The molecule has 2 nitrogen and oxygen atoms in total. The predicted octanol–water partition coefficient (Wildman–Crippen LogP) is 3.28. The highest BCUT2D eigenvalue weighted by molar-refractivity contribution is 5.29. The Labute approximate surface area is 108 Å². The molecular formula is C16H19NO. The van der Waals surface area contributed by atoms with Gasteiger partial charge in [-0.25, -0.2) is 0 Å². The van der Waals surface area contributed by atoms with Crippen LogP contribution in [0.5, 0.6) is 0 Å². The number of hydrogen-bond acceptors (Lipinski definition) is 2. The van der Waals surface area contributed by atoms with E-state index >= 15 is 0 Å². The highest BCUT2D eigenvalue weighted by atomic mass is 16.3. The van der Waals surface area contributed by atoms with E-state index in [1.165, 1.54) is 11.1 Å². The standard InChI is InChI=1S/C16H19NO/c1-11-6-4-5-7-14(11)10-16(18)15-8-12(2)17-13(3)9-15/h4-9,16,18H,10H2,1-3H3. The fraction of sp³-hybridized carbons (Fsp3) is 0.312. The number of aryl methyl sites for hydroxylation is 3. The average molecular weight is 241 g/mol. The van der Waals surface area contributed by atoms with Crippen LogP contribution in [0.1, 0.15) is 34.2 Å². The van der Waals surface area contributed by atoms with Gasteiger partial charge in [0.15, 0.2) is 0 Å². The van der Waals surface area contributed by atoms with Crippen molar-refractivity contribution in [3.63, 3.8) is 0 Å². The number of aliphatic hydroxyl groups excluding tert-OH is 1. The molecular weight excluding hydrogens is 222 g/mol. The number of aromatic nitrogens is 1. The van der Waals surface area contributed by atoms with Crippen molar-refractivity contribution in [2.75, 3.05) is 0 Å².